The average molecular weight is 609 g/mol. The molecule has 3 aromatic rings. The standard InChI is InChI=1S/C20H17BrF3N4O6PS/c21-11-3-10(4-25-5-11)20(17(29)15(7-32-8-33-35-31)34-19(36)18(20)30)28-6-14(26-27-28)9-1-12(22)16(24)13(23)2-9/h1-6,15,17-19,29-30,36H,7-8H2/t15-,17+,18+,19-,20+/m0/s1. The quantitative estimate of drug-likeness (QED) is 0.116. The normalized spacial score (nSPS) is 26.4. The fourth-order valence-corrected chi connectivity index (χ4v) is 4.88. The number of pyridine rings is 1. The number of hydrogen-bond acceptors (Lipinski definition) is 10. The fourth-order valence-electron chi connectivity index (χ4n) is 4.01. The van der Waals surface area contributed by atoms with E-state index in [2.05, 4.69) is 48.4 Å². The number of ether oxygens (including phenoxy) is 2. The van der Waals surface area contributed by atoms with Crippen molar-refractivity contribution >= 4 is 37.2 Å². The van der Waals surface area contributed by atoms with Crippen molar-refractivity contribution in [2.75, 3.05) is 13.4 Å². The van der Waals surface area contributed by atoms with E-state index in [1.807, 2.05) is 0 Å². The van der Waals surface area contributed by atoms with Crippen molar-refractivity contribution in [1.29, 1.82) is 0 Å². The Hall–Kier alpha value is -1.97. The maximum Gasteiger partial charge on any atom is 0.329 e. The lowest BCUT2D eigenvalue weighted by atomic mass is 9.76. The summed E-state index contributed by atoms with van der Waals surface area (Å²) in [5.41, 5.74) is -2.98. The zero-order valence-corrected chi connectivity index (χ0v) is 21.3. The summed E-state index contributed by atoms with van der Waals surface area (Å²) in [5, 5.41) is 30.8. The summed E-state index contributed by atoms with van der Waals surface area (Å²) in [6.07, 6.45) is -0.176. The van der Waals surface area contributed by atoms with Crippen LogP contribution in [0.5, 0.6) is 0 Å². The van der Waals surface area contributed by atoms with Crippen LogP contribution in [0.4, 0.5) is 13.2 Å². The molecule has 2 N–H and O–H groups in total. The van der Waals surface area contributed by atoms with Crippen LogP contribution in [0, 0.1) is 17.5 Å². The second-order valence-electron chi connectivity index (χ2n) is 7.67. The van der Waals surface area contributed by atoms with Crippen molar-refractivity contribution in [3.05, 3.63) is 64.3 Å². The molecule has 1 aliphatic rings. The minimum absolute atomic E-state index is 0.0765. The number of rotatable bonds is 8. The van der Waals surface area contributed by atoms with Gasteiger partial charge in [0.2, 0.25) is 0 Å². The molecule has 0 radical (unpaired) electrons. The zero-order chi connectivity index (χ0) is 26.0. The van der Waals surface area contributed by atoms with Crippen LogP contribution < -0.4 is 0 Å². The van der Waals surface area contributed by atoms with Crippen LogP contribution in [0.3, 0.4) is 0 Å². The summed E-state index contributed by atoms with van der Waals surface area (Å²) >= 11 is 7.63. The number of thiol groups is 1. The lowest BCUT2D eigenvalue weighted by molar-refractivity contribution is -0.214. The molecular formula is C20H17BrF3N4O6PS. The number of hydrogen-bond donors (Lipinski definition) is 3. The van der Waals surface area contributed by atoms with Crippen LogP contribution >= 0.6 is 37.2 Å². The first kappa shape index (κ1) is 27.1. The number of aliphatic hydroxyl groups is 2. The molecule has 0 amide bonds. The zero-order valence-electron chi connectivity index (χ0n) is 17.9. The molecule has 0 saturated carbocycles. The minimum atomic E-state index is -1.84. The molecule has 10 nitrogen and oxygen atoms in total. The summed E-state index contributed by atoms with van der Waals surface area (Å²) in [5.74, 6) is -4.49. The van der Waals surface area contributed by atoms with Gasteiger partial charge in [0.15, 0.2) is 24.2 Å². The Morgan fingerprint density at radius 1 is 1.19 bits per heavy atom. The molecule has 192 valence electrons. The molecule has 1 aromatic carbocycles. The average Bonchev–Trinajstić information content (AvgIpc) is 3.34. The smallest absolute Gasteiger partial charge is 0.329 e. The second-order valence-corrected chi connectivity index (χ2v) is 9.50. The molecule has 1 fully saturated rings. The topological polar surface area (TPSA) is 129 Å². The predicted molar refractivity (Wildman–Crippen MR) is 124 cm³/mol. The van der Waals surface area contributed by atoms with E-state index in [1.54, 1.807) is 6.07 Å². The van der Waals surface area contributed by atoms with Gasteiger partial charge < -0.3 is 19.7 Å². The number of nitrogens with zero attached hydrogens (tertiary/aromatic N) is 4. The molecule has 0 unspecified atom stereocenters. The van der Waals surface area contributed by atoms with Gasteiger partial charge in [-0.1, -0.05) is 5.21 Å². The SMILES string of the molecule is O=POCOC[C@@H]1O[C@@H](S)[C@@H](O)[C@](c2cncc(Br)c2)(n2cc(-c3cc(F)c(F)c(F)c3)nn2)[C@@H]1O. The molecule has 1 aliphatic heterocycles. The molecule has 0 spiro atoms. The van der Waals surface area contributed by atoms with E-state index in [0.717, 1.165) is 16.8 Å². The maximum atomic E-state index is 13.8. The Kier molecular flexibility index (Phi) is 8.42. The number of aliphatic hydroxyl groups excluding tert-OH is 2. The van der Waals surface area contributed by atoms with E-state index in [0.29, 0.717) is 4.47 Å². The van der Waals surface area contributed by atoms with E-state index in [9.17, 15) is 27.9 Å². The Labute approximate surface area is 217 Å². The molecule has 5 atom stereocenters. The van der Waals surface area contributed by atoms with Crippen molar-refractivity contribution in [3.8, 4) is 11.3 Å². The van der Waals surface area contributed by atoms with Crippen LogP contribution in [0.1, 0.15) is 5.56 Å². The maximum absolute atomic E-state index is 13.8. The third kappa shape index (κ3) is 4.94. The van der Waals surface area contributed by atoms with E-state index < -0.39 is 55.4 Å². The molecule has 0 bridgehead atoms. The highest BCUT2D eigenvalue weighted by Crippen LogP contribution is 2.43. The van der Waals surface area contributed by atoms with Gasteiger partial charge in [-0.15, -0.1) is 17.7 Å². The lowest BCUT2D eigenvalue weighted by Crippen LogP contribution is -2.67. The van der Waals surface area contributed by atoms with Gasteiger partial charge >= 0.3 is 8.69 Å². The molecule has 0 aliphatic carbocycles. The monoisotopic (exact) mass is 608 g/mol. The number of benzene rings is 1. The third-order valence-corrected chi connectivity index (χ3v) is 6.68. The van der Waals surface area contributed by atoms with Crippen molar-refractivity contribution in [3.63, 3.8) is 0 Å². The van der Waals surface area contributed by atoms with E-state index in [-0.39, 0.29) is 30.2 Å². The van der Waals surface area contributed by atoms with Gasteiger partial charge in [-0.3, -0.25) is 9.51 Å². The molecule has 3 heterocycles. The Balaban J connectivity index is 1.84. The van der Waals surface area contributed by atoms with E-state index in [4.69, 9.17) is 9.47 Å². The van der Waals surface area contributed by atoms with Gasteiger partial charge in [0.05, 0.1) is 12.8 Å². The molecule has 36 heavy (non-hydrogen) atoms. The first-order valence-corrected chi connectivity index (χ1v) is 12.1. The number of aromatic nitrogens is 4. The fraction of sp³-hybridized carbons (Fsp3) is 0.350. The Morgan fingerprint density at radius 3 is 2.58 bits per heavy atom. The lowest BCUT2D eigenvalue weighted by Gasteiger charge is -2.50. The molecule has 1 saturated heterocycles. The first-order valence-electron chi connectivity index (χ1n) is 10.1. The van der Waals surface area contributed by atoms with Gasteiger partial charge in [-0.2, -0.15) is 0 Å². The summed E-state index contributed by atoms with van der Waals surface area (Å²) in [6, 6.07) is 3.05. The van der Waals surface area contributed by atoms with Gasteiger partial charge in [-0.25, -0.2) is 22.4 Å². The van der Waals surface area contributed by atoms with E-state index in [1.165, 1.54) is 18.6 Å². The molecule has 16 heteroatoms. The van der Waals surface area contributed by atoms with Crippen molar-refractivity contribution in [2.45, 2.75) is 29.3 Å². The first-order chi connectivity index (χ1) is 17.2. The third-order valence-electron chi connectivity index (χ3n) is 5.63. The van der Waals surface area contributed by atoms with Crippen LogP contribution in [0.25, 0.3) is 11.3 Å². The summed E-state index contributed by atoms with van der Waals surface area (Å²) < 4.78 is 68.7. The summed E-state index contributed by atoms with van der Waals surface area (Å²) in [6.45, 7) is -0.641. The Bertz CT molecular complexity index is 1240. The van der Waals surface area contributed by atoms with Crippen molar-refractivity contribution < 1.29 is 41.9 Å². The molecular weight excluding hydrogens is 592 g/mol. The summed E-state index contributed by atoms with van der Waals surface area (Å²) in [7, 11) is -0.607. The van der Waals surface area contributed by atoms with Crippen LogP contribution in [-0.2, 0) is 24.1 Å². The Morgan fingerprint density at radius 2 is 1.92 bits per heavy atom. The second kappa shape index (κ2) is 11.2. The van der Waals surface area contributed by atoms with Gasteiger partial charge in [0.25, 0.3) is 0 Å². The van der Waals surface area contributed by atoms with E-state index >= 15 is 0 Å². The van der Waals surface area contributed by atoms with Crippen LogP contribution in [0.2, 0.25) is 0 Å². The highest BCUT2D eigenvalue weighted by molar-refractivity contribution is 9.10. The highest BCUT2D eigenvalue weighted by atomic mass is 79.9. The number of halogens is 4. The van der Waals surface area contributed by atoms with Gasteiger partial charge in [-0.05, 0) is 34.1 Å². The minimum Gasteiger partial charge on any atom is -0.387 e. The van der Waals surface area contributed by atoms with Crippen molar-refractivity contribution in [1.82, 2.24) is 20.0 Å². The predicted octanol–water partition coefficient (Wildman–Crippen LogP) is 2.84. The molecule has 4 rings (SSSR count). The van der Waals surface area contributed by atoms with Gasteiger partial charge in [0, 0.05) is 28.0 Å². The largest absolute Gasteiger partial charge is 0.387 e. The highest BCUT2D eigenvalue weighted by Gasteiger charge is 2.58. The van der Waals surface area contributed by atoms with Crippen molar-refractivity contribution in [2.24, 2.45) is 0 Å². The van der Waals surface area contributed by atoms with Crippen LogP contribution in [-0.4, -0.2) is 67.3 Å². The molecule has 2 aromatic heterocycles. The van der Waals surface area contributed by atoms with Gasteiger partial charge in [0.1, 0.15) is 35.0 Å². The summed E-state index contributed by atoms with van der Waals surface area (Å²) in [4.78, 5) is 4.11. The van der Waals surface area contributed by atoms with Crippen LogP contribution in [0.15, 0.2) is 41.3 Å².